The number of halogens is 7. The predicted octanol–water partition coefficient (Wildman–Crippen LogP) is 1.64. The number of carbonyl (C=O) groups is 1. The van der Waals surface area contributed by atoms with E-state index in [1.807, 2.05) is 0 Å². The van der Waals surface area contributed by atoms with E-state index in [-0.39, 0.29) is 30.4 Å². The van der Waals surface area contributed by atoms with Crippen LogP contribution in [0, 0.1) is 0 Å². The maximum Gasteiger partial charge on any atom is 0.461 e. The highest BCUT2D eigenvalue weighted by Crippen LogP contribution is 2.48. The smallest absolute Gasteiger partial charge is 0.461 e. The second kappa shape index (κ2) is 7.61. The second-order valence-corrected chi connectivity index (χ2v) is 7.68. The van der Waals surface area contributed by atoms with Crippen molar-refractivity contribution in [1.29, 1.82) is 0 Å². The molecule has 0 saturated carbocycles. The number of carboxylic acids is 1. The van der Waals surface area contributed by atoms with E-state index in [0.29, 0.717) is 0 Å². The standard InChI is InChI=1S/C11H17F7N2O4S/c1-20(2,7-4-8(21)22)6-3-5-19-25(23,24)11(17,18)9(12,13)10(14,15)16/h19H,3-7H2,1-2H3/p+1. The van der Waals surface area contributed by atoms with Crippen LogP contribution in [-0.4, -0.2) is 75.1 Å². The third-order valence-electron chi connectivity index (χ3n) is 3.22. The van der Waals surface area contributed by atoms with Gasteiger partial charge in [-0.05, 0) is 0 Å². The van der Waals surface area contributed by atoms with E-state index in [1.165, 1.54) is 0 Å². The van der Waals surface area contributed by atoms with E-state index in [2.05, 4.69) is 0 Å². The molecule has 0 aromatic carbocycles. The molecule has 0 amide bonds. The maximum absolute atomic E-state index is 13.2. The minimum absolute atomic E-state index is 0.0448. The molecular weight excluding hydrogens is 389 g/mol. The third-order valence-corrected chi connectivity index (χ3v) is 4.74. The number of nitrogens with one attached hydrogen (secondary N) is 1. The first-order valence-electron chi connectivity index (χ1n) is 6.73. The summed E-state index contributed by atoms with van der Waals surface area (Å²) in [4.78, 5) is 10.4. The molecule has 0 aliphatic heterocycles. The molecule has 0 fully saturated rings. The van der Waals surface area contributed by atoms with Gasteiger partial charge >= 0.3 is 23.3 Å². The van der Waals surface area contributed by atoms with Crippen molar-refractivity contribution in [2.75, 3.05) is 33.7 Å². The number of nitrogens with zero attached hydrogens (tertiary/aromatic N) is 1. The summed E-state index contributed by atoms with van der Waals surface area (Å²) < 4.78 is 111. The van der Waals surface area contributed by atoms with E-state index >= 15 is 0 Å². The van der Waals surface area contributed by atoms with E-state index in [0.717, 1.165) is 4.72 Å². The zero-order chi connectivity index (χ0) is 20.3. The Labute approximate surface area is 139 Å². The fraction of sp³-hybridized carbons (Fsp3) is 0.909. The first-order chi connectivity index (χ1) is 10.9. The molecule has 0 saturated heterocycles. The van der Waals surface area contributed by atoms with Crippen LogP contribution in [0.2, 0.25) is 0 Å². The quantitative estimate of drug-likeness (QED) is 0.328. The fourth-order valence-electron chi connectivity index (χ4n) is 1.65. The Hall–Kier alpha value is -1.15. The summed E-state index contributed by atoms with van der Waals surface area (Å²) in [7, 11) is -3.21. The molecule has 0 atom stereocenters. The lowest BCUT2D eigenvalue weighted by molar-refractivity contribution is -0.889. The summed E-state index contributed by atoms with van der Waals surface area (Å²) >= 11 is 0. The zero-order valence-corrected chi connectivity index (χ0v) is 14.0. The topological polar surface area (TPSA) is 83.5 Å². The molecule has 0 aromatic rings. The molecule has 0 aromatic heterocycles. The first kappa shape index (κ1) is 23.9. The largest absolute Gasteiger partial charge is 0.481 e. The molecule has 2 N–H and O–H groups in total. The third kappa shape index (κ3) is 5.95. The van der Waals surface area contributed by atoms with Gasteiger partial charge in [0.25, 0.3) is 10.0 Å². The van der Waals surface area contributed by atoms with Gasteiger partial charge in [0, 0.05) is 13.0 Å². The number of quaternary nitrogens is 1. The van der Waals surface area contributed by atoms with Crippen molar-refractivity contribution in [3.8, 4) is 0 Å². The molecule has 0 rings (SSSR count). The molecule has 0 heterocycles. The number of aliphatic carboxylic acids is 1. The van der Waals surface area contributed by atoms with Crippen molar-refractivity contribution in [2.45, 2.75) is 30.2 Å². The van der Waals surface area contributed by atoms with Crippen molar-refractivity contribution in [3.05, 3.63) is 0 Å². The molecule has 6 nitrogen and oxygen atoms in total. The summed E-state index contributed by atoms with van der Waals surface area (Å²) in [6.07, 6.45) is -7.17. The number of rotatable bonds is 10. The minimum atomic E-state index is -6.76. The number of carboxylic acid groups (broad SMARTS) is 1. The Morgan fingerprint density at radius 2 is 1.52 bits per heavy atom. The van der Waals surface area contributed by atoms with E-state index < -0.39 is 39.9 Å². The maximum atomic E-state index is 13.2. The van der Waals surface area contributed by atoms with Crippen LogP contribution < -0.4 is 4.72 Å². The molecule has 0 spiro atoms. The van der Waals surface area contributed by atoms with Crippen LogP contribution in [0.4, 0.5) is 30.7 Å². The van der Waals surface area contributed by atoms with Gasteiger partial charge in [0.2, 0.25) is 0 Å². The summed E-state index contributed by atoms with van der Waals surface area (Å²) in [5.41, 5.74) is 0. The fourth-order valence-corrected chi connectivity index (χ4v) is 2.70. The summed E-state index contributed by atoms with van der Waals surface area (Å²) in [6, 6.07) is 0. The van der Waals surface area contributed by atoms with Gasteiger partial charge in [0.05, 0.1) is 33.6 Å². The Kier molecular flexibility index (Phi) is 7.26. The van der Waals surface area contributed by atoms with Crippen LogP contribution in [0.1, 0.15) is 12.8 Å². The van der Waals surface area contributed by atoms with Crippen LogP contribution in [0.5, 0.6) is 0 Å². The van der Waals surface area contributed by atoms with Crippen molar-refractivity contribution in [3.63, 3.8) is 0 Å². The monoisotopic (exact) mass is 407 g/mol. The van der Waals surface area contributed by atoms with Crippen LogP contribution in [-0.2, 0) is 14.8 Å². The van der Waals surface area contributed by atoms with Crippen LogP contribution >= 0.6 is 0 Å². The summed E-state index contributed by atoms with van der Waals surface area (Å²) in [6.45, 7) is -0.637. The van der Waals surface area contributed by atoms with E-state index in [1.54, 1.807) is 14.1 Å². The van der Waals surface area contributed by atoms with Gasteiger partial charge in [-0.2, -0.15) is 30.7 Å². The number of hydrogen-bond donors (Lipinski definition) is 2. The van der Waals surface area contributed by atoms with Crippen molar-refractivity contribution in [2.24, 2.45) is 0 Å². The van der Waals surface area contributed by atoms with Gasteiger partial charge in [-0.15, -0.1) is 0 Å². The highest BCUT2D eigenvalue weighted by atomic mass is 32.2. The normalized spacial score (nSPS) is 14.6. The first-order valence-corrected chi connectivity index (χ1v) is 8.21. The molecule has 0 aliphatic carbocycles. The highest BCUT2D eigenvalue weighted by molar-refractivity contribution is 7.90. The van der Waals surface area contributed by atoms with E-state index in [4.69, 9.17) is 5.11 Å². The average molecular weight is 407 g/mol. The molecule has 150 valence electrons. The predicted molar refractivity (Wildman–Crippen MR) is 71.6 cm³/mol. The molecule has 25 heavy (non-hydrogen) atoms. The van der Waals surface area contributed by atoms with E-state index in [9.17, 15) is 43.9 Å². The van der Waals surface area contributed by atoms with Crippen LogP contribution in [0.3, 0.4) is 0 Å². The summed E-state index contributed by atoms with van der Waals surface area (Å²) in [5.74, 6) is -7.86. The van der Waals surface area contributed by atoms with Gasteiger partial charge in [-0.3, -0.25) is 4.79 Å². The highest BCUT2D eigenvalue weighted by Gasteiger charge is 2.78. The van der Waals surface area contributed by atoms with Crippen molar-refractivity contribution >= 4 is 16.0 Å². The zero-order valence-electron chi connectivity index (χ0n) is 13.2. The Balaban J connectivity index is 4.82. The molecule has 14 heteroatoms. The lowest BCUT2D eigenvalue weighted by atomic mass is 10.3. The lowest BCUT2D eigenvalue weighted by Gasteiger charge is -2.30. The number of hydrogen-bond acceptors (Lipinski definition) is 3. The van der Waals surface area contributed by atoms with Gasteiger partial charge in [0.15, 0.2) is 0 Å². The van der Waals surface area contributed by atoms with Crippen LogP contribution in [0.25, 0.3) is 0 Å². The van der Waals surface area contributed by atoms with Gasteiger partial charge in [0.1, 0.15) is 0 Å². The van der Waals surface area contributed by atoms with Crippen molar-refractivity contribution in [1.82, 2.24) is 4.72 Å². The minimum Gasteiger partial charge on any atom is -0.481 e. The SMILES string of the molecule is C[N+](C)(CCCNS(=O)(=O)C(F)(F)C(F)(F)C(F)(F)F)CCC(=O)O. The summed E-state index contributed by atoms with van der Waals surface area (Å²) in [5, 5.41) is 2.16. The van der Waals surface area contributed by atoms with Crippen LogP contribution in [0.15, 0.2) is 0 Å². The Morgan fingerprint density at radius 3 is 1.92 bits per heavy atom. The lowest BCUT2D eigenvalue weighted by Crippen LogP contribution is -2.59. The molecule has 0 aliphatic rings. The molecular formula is C11H18F7N2O4S+. The molecule has 0 bridgehead atoms. The van der Waals surface area contributed by atoms with Crippen molar-refractivity contribution < 1.29 is 53.5 Å². The second-order valence-electron chi connectivity index (χ2n) is 5.87. The molecule has 0 unspecified atom stereocenters. The number of sulfonamides is 1. The van der Waals surface area contributed by atoms with Gasteiger partial charge in [-0.25, -0.2) is 13.1 Å². The van der Waals surface area contributed by atoms with Gasteiger partial charge in [-0.1, -0.05) is 0 Å². The number of alkyl halides is 7. The average Bonchev–Trinajstić information content (AvgIpc) is 2.40. The Morgan fingerprint density at radius 1 is 1.04 bits per heavy atom. The Bertz CT molecular complexity index is 575. The molecule has 0 radical (unpaired) electrons. The van der Waals surface area contributed by atoms with Gasteiger partial charge < -0.3 is 9.59 Å².